The molecule has 0 radical (unpaired) electrons. The van der Waals surface area contributed by atoms with E-state index in [0.29, 0.717) is 29.6 Å². The van der Waals surface area contributed by atoms with Crippen molar-refractivity contribution in [2.24, 2.45) is 0 Å². The van der Waals surface area contributed by atoms with Gasteiger partial charge in [0.25, 0.3) is 5.91 Å². The fraction of sp³-hybridized carbons (Fsp3) is 0.308. The lowest BCUT2D eigenvalue weighted by molar-refractivity contribution is -0.131. The van der Waals surface area contributed by atoms with Gasteiger partial charge in [0.2, 0.25) is 11.9 Å². The molecule has 2 heterocycles. The predicted octanol–water partition coefficient (Wildman–Crippen LogP) is 4.00. The number of aromatic nitrogens is 2. The lowest BCUT2D eigenvalue weighted by atomic mass is 9.90. The molecule has 1 atom stereocenters. The second kappa shape index (κ2) is 10.7. The molecule has 1 aromatic heterocycles. The van der Waals surface area contributed by atoms with E-state index in [-0.39, 0.29) is 24.3 Å². The molecule has 2 aromatic carbocycles. The Labute approximate surface area is 204 Å². The van der Waals surface area contributed by atoms with E-state index in [0.717, 1.165) is 29.7 Å². The van der Waals surface area contributed by atoms with Crippen molar-refractivity contribution in [2.45, 2.75) is 18.8 Å². The Morgan fingerprint density at radius 2 is 1.85 bits per heavy atom. The first-order valence-corrected chi connectivity index (χ1v) is 11.7. The summed E-state index contributed by atoms with van der Waals surface area (Å²) < 4.78 is 0. The molecule has 1 aliphatic heterocycles. The molecule has 3 aromatic rings. The molecule has 0 bridgehead atoms. The summed E-state index contributed by atoms with van der Waals surface area (Å²) in [5.74, 6) is 0.351. The lowest BCUT2D eigenvalue weighted by Gasteiger charge is -2.33. The van der Waals surface area contributed by atoms with Gasteiger partial charge in [-0.15, -0.1) is 0 Å². The van der Waals surface area contributed by atoms with Gasteiger partial charge in [-0.05, 0) is 42.7 Å². The van der Waals surface area contributed by atoms with Crippen LogP contribution < -0.4 is 10.2 Å². The van der Waals surface area contributed by atoms with Crippen LogP contribution in [-0.2, 0) is 4.79 Å². The van der Waals surface area contributed by atoms with Crippen LogP contribution in [0.2, 0.25) is 5.02 Å². The summed E-state index contributed by atoms with van der Waals surface area (Å²) >= 11 is 6.09. The maximum Gasteiger partial charge on any atom is 0.251 e. The number of nitrogens with one attached hydrogen (secondary N) is 1. The Morgan fingerprint density at radius 3 is 2.56 bits per heavy atom. The summed E-state index contributed by atoms with van der Waals surface area (Å²) in [6, 6.07) is 16.5. The first-order valence-electron chi connectivity index (χ1n) is 11.3. The van der Waals surface area contributed by atoms with Gasteiger partial charge in [0, 0.05) is 55.4 Å². The Morgan fingerprint density at radius 1 is 1.12 bits per heavy atom. The quantitative estimate of drug-likeness (QED) is 0.580. The van der Waals surface area contributed by atoms with Gasteiger partial charge >= 0.3 is 0 Å². The normalized spacial score (nSPS) is 15.6. The first kappa shape index (κ1) is 23.7. The van der Waals surface area contributed by atoms with Gasteiger partial charge in [-0.3, -0.25) is 9.59 Å². The molecule has 176 valence electrons. The minimum absolute atomic E-state index is 0.0305. The monoisotopic (exact) mass is 477 g/mol. The Bertz CT molecular complexity index is 1150. The van der Waals surface area contributed by atoms with Crippen molar-refractivity contribution in [3.8, 4) is 11.1 Å². The standard InChI is InChI=1S/C26H28ClN5O2/c1-31(2)26-29-15-22(18-10-12-21(27)13-11-18)24(30-26)20-9-6-14-32(17-20)23(33)16-28-25(34)19-7-4-3-5-8-19/h3-5,7-8,10-13,15,20H,6,9,14,16-17H2,1-2H3,(H,28,34)/t20-/m1/s1. The SMILES string of the molecule is CN(C)c1ncc(-c2ccc(Cl)cc2)c([C@@H]2CCCN(C(=O)CNC(=O)c3ccccc3)C2)n1. The number of likely N-dealkylation sites (tertiary alicyclic amines) is 1. The molecule has 2 amide bonds. The van der Waals surface area contributed by atoms with Crippen LogP contribution in [0.1, 0.15) is 34.8 Å². The van der Waals surface area contributed by atoms with Crippen LogP contribution in [0.15, 0.2) is 60.8 Å². The largest absolute Gasteiger partial charge is 0.347 e. The molecule has 0 aliphatic carbocycles. The van der Waals surface area contributed by atoms with Crippen molar-refractivity contribution >= 4 is 29.4 Å². The number of benzene rings is 2. The zero-order valence-electron chi connectivity index (χ0n) is 19.4. The van der Waals surface area contributed by atoms with E-state index in [1.54, 1.807) is 24.3 Å². The molecule has 0 saturated carbocycles. The predicted molar refractivity (Wildman–Crippen MR) is 134 cm³/mol. The molecule has 34 heavy (non-hydrogen) atoms. The third kappa shape index (κ3) is 5.54. The van der Waals surface area contributed by atoms with Crippen molar-refractivity contribution in [1.82, 2.24) is 20.2 Å². The van der Waals surface area contributed by atoms with Crippen molar-refractivity contribution in [2.75, 3.05) is 38.6 Å². The van der Waals surface area contributed by atoms with Gasteiger partial charge in [-0.1, -0.05) is 41.9 Å². The number of hydrogen-bond donors (Lipinski definition) is 1. The molecule has 4 rings (SSSR count). The van der Waals surface area contributed by atoms with E-state index in [9.17, 15) is 9.59 Å². The minimum Gasteiger partial charge on any atom is -0.347 e. The lowest BCUT2D eigenvalue weighted by Crippen LogP contribution is -2.44. The van der Waals surface area contributed by atoms with E-state index in [2.05, 4.69) is 10.3 Å². The Kier molecular flexibility index (Phi) is 7.43. The molecule has 0 unspecified atom stereocenters. The zero-order valence-corrected chi connectivity index (χ0v) is 20.1. The van der Waals surface area contributed by atoms with E-state index in [1.165, 1.54) is 0 Å². The topological polar surface area (TPSA) is 78.4 Å². The molecule has 8 heteroatoms. The Balaban J connectivity index is 1.51. The zero-order chi connectivity index (χ0) is 24.1. The first-order chi connectivity index (χ1) is 16.4. The number of piperidine rings is 1. The number of amides is 2. The van der Waals surface area contributed by atoms with Gasteiger partial charge in [0.1, 0.15) is 0 Å². The summed E-state index contributed by atoms with van der Waals surface area (Å²) in [7, 11) is 3.82. The fourth-order valence-electron chi connectivity index (χ4n) is 4.15. The minimum atomic E-state index is -0.251. The number of rotatable bonds is 6. The molecule has 1 aliphatic rings. The third-order valence-electron chi connectivity index (χ3n) is 5.96. The highest BCUT2D eigenvalue weighted by Crippen LogP contribution is 2.34. The van der Waals surface area contributed by atoms with Crippen molar-refractivity contribution in [1.29, 1.82) is 0 Å². The van der Waals surface area contributed by atoms with Crippen LogP contribution in [0, 0.1) is 0 Å². The van der Waals surface area contributed by atoms with Crippen LogP contribution >= 0.6 is 11.6 Å². The highest BCUT2D eigenvalue weighted by Gasteiger charge is 2.28. The maximum atomic E-state index is 12.9. The van der Waals surface area contributed by atoms with E-state index >= 15 is 0 Å². The molecule has 7 nitrogen and oxygen atoms in total. The summed E-state index contributed by atoms with van der Waals surface area (Å²) in [4.78, 5) is 38.4. The fourth-order valence-corrected chi connectivity index (χ4v) is 4.28. The average molecular weight is 478 g/mol. The number of halogens is 1. The number of nitrogens with zero attached hydrogens (tertiary/aromatic N) is 4. The summed E-state index contributed by atoms with van der Waals surface area (Å²) in [6.45, 7) is 1.18. The van der Waals surface area contributed by atoms with Crippen molar-refractivity contribution in [3.63, 3.8) is 0 Å². The van der Waals surface area contributed by atoms with Gasteiger partial charge in [0.15, 0.2) is 0 Å². The molecule has 1 saturated heterocycles. The molecular weight excluding hydrogens is 450 g/mol. The second-order valence-electron chi connectivity index (χ2n) is 8.60. The van der Waals surface area contributed by atoms with Crippen molar-refractivity contribution < 1.29 is 9.59 Å². The number of carbonyl (C=O) groups excluding carboxylic acids is 2. The van der Waals surface area contributed by atoms with Crippen LogP contribution in [0.25, 0.3) is 11.1 Å². The second-order valence-corrected chi connectivity index (χ2v) is 9.03. The van der Waals surface area contributed by atoms with Crippen LogP contribution in [0.3, 0.4) is 0 Å². The smallest absolute Gasteiger partial charge is 0.251 e. The van der Waals surface area contributed by atoms with E-state index in [1.807, 2.05) is 60.4 Å². The van der Waals surface area contributed by atoms with E-state index in [4.69, 9.17) is 16.6 Å². The third-order valence-corrected chi connectivity index (χ3v) is 6.21. The van der Waals surface area contributed by atoms with Crippen LogP contribution in [0.5, 0.6) is 0 Å². The van der Waals surface area contributed by atoms with Gasteiger partial charge < -0.3 is 15.1 Å². The molecular formula is C26H28ClN5O2. The van der Waals surface area contributed by atoms with Gasteiger partial charge in [-0.25, -0.2) is 9.97 Å². The number of hydrogen-bond acceptors (Lipinski definition) is 5. The average Bonchev–Trinajstić information content (AvgIpc) is 2.87. The van der Waals surface area contributed by atoms with Gasteiger partial charge in [-0.2, -0.15) is 0 Å². The summed E-state index contributed by atoms with van der Waals surface area (Å²) in [6.07, 6.45) is 3.64. The highest BCUT2D eigenvalue weighted by atomic mass is 35.5. The van der Waals surface area contributed by atoms with Crippen LogP contribution in [-0.4, -0.2) is 60.4 Å². The van der Waals surface area contributed by atoms with Crippen LogP contribution in [0.4, 0.5) is 5.95 Å². The molecule has 0 spiro atoms. The number of anilines is 1. The molecule has 1 fully saturated rings. The summed E-state index contributed by atoms with van der Waals surface area (Å²) in [5.41, 5.74) is 3.39. The molecule has 1 N–H and O–H groups in total. The number of carbonyl (C=O) groups is 2. The Hall–Kier alpha value is -3.45. The van der Waals surface area contributed by atoms with E-state index < -0.39 is 0 Å². The summed E-state index contributed by atoms with van der Waals surface area (Å²) in [5, 5.41) is 3.41. The maximum absolute atomic E-state index is 12.9. The highest BCUT2D eigenvalue weighted by molar-refractivity contribution is 6.30. The van der Waals surface area contributed by atoms with Crippen molar-refractivity contribution in [3.05, 3.63) is 77.1 Å². The van der Waals surface area contributed by atoms with Gasteiger partial charge in [0.05, 0.1) is 12.2 Å².